The molecule has 0 amide bonds. The van der Waals surface area contributed by atoms with E-state index in [4.69, 9.17) is 9.63 Å². The van der Waals surface area contributed by atoms with Gasteiger partial charge < -0.3 is 14.9 Å². The maximum Gasteiger partial charge on any atom is 0.227 e. The number of nitrogens with one attached hydrogen (secondary N) is 1. The van der Waals surface area contributed by atoms with Gasteiger partial charge in [-0.3, -0.25) is 0 Å². The van der Waals surface area contributed by atoms with E-state index >= 15 is 0 Å². The minimum absolute atomic E-state index is 0.0875. The molecule has 0 bridgehead atoms. The Hall–Kier alpha value is -1.72. The van der Waals surface area contributed by atoms with Gasteiger partial charge in [-0.2, -0.15) is 4.98 Å². The Morgan fingerprint density at radius 1 is 1.22 bits per heavy atom. The summed E-state index contributed by atoms with van der Waals surface area (Å²) in [5, 5.41) is 16.0. The molecule has 2 rings (SSSR count). The Balaban J connectivity index is 1.71. The molecule has 5 nitrogen and oxygen atoms in total. The third-order valence-electron chi connectivity index (χ3n) is 2.62. The number of nitrogens with zero attached hydrogens (tertiary/aromatic N) is 2. The first-order valence-corrected chi connectivity index (χ1v) is 5.96. The van der Waals surface area contributed by atoms with E-state index in [-0.39, 0.29) is 6.61 Å². The fraction of sp³-hybridized carbons (Fsp3) is 0.385. The topological polar surface area (TPSA) is 71.2 Å². The van der Waals surface area contributed by atoms with Crippen LogP contribution in [0.1, 0.15) is 22.8 Å². The number of hydrogen-bond donors (Lipinski definition) is 2. The van der Waals surface area contributed by atoms with Crippen LogP contribution in [-0.4, -0.2) is 21.8 Å². The molecular weight excluding hydrogens is 230 g/mol. The lowest BCUT2D eigenvalue weighted by Gasteiger charge is -2.04. The van der Waals surface area contributed by atoms with Crippen LogP contribution in [0.15, 0.2) is 28.8 Å². The largest absolute Gasteiger partial charge is 0.392 e. The van der Waals surface area contributed by atoms with E-state index in [1.54, 1.807) is 0 Å². The number of rotatable bonds is 6. The van der Waals surface area contributed by atoms with Crippen molar-refractivity contribution in [2.45, 2.75) is 26.5 Å². The van der Waals surface area contributed by atoms with Crippen molar-refractivity contribution in [1.82, 2.24) is 15.5 Å². The van der Waals surface area contributed by atoms with Crippen LogP contribution in [0.2, 0.25) is 0 Å². The van der Waals surface area contributed by atoms with Gasteiger partial charge in [0.2, 0.25) is 5.89 Å². The van der Waals surface area contributed by atoms with Crippen molar-refractivity contribution < 1.29 is 9.63 Å². The molecule has 0 unspecified atom stereocenters. The van der Waals surface area contributed by atoms with Crippen LogP contribution < -0.4 is 5.32 Å². The number of aromatic nitrogens is 2. The fourth-order valence-corrected chi connectivity index (χ4v) is 1.63. The summed E-state index contributed by atoms with van der Waals surface area (Å²) in [4.78, 5) is 4.13. The summed E-state index contributed by atoms with van der Waals surface area (Å²) in [6.45, 7) is 3.48. The van der Waals surface area contributed by atoms with E-state index in [0.29, 0.717) is 11.7 Å². The van der Waals surface area contributed by atoms with Crippen LogP contribution in [0, 0.1) is 6.92 Å². The van der Waals surface area contributed by atoms with Gasteiger partial charge in [-0.25, -0.2) is 0 Å². The maximum absolute atomic E-state index is 8.93. The summed E-state index contributed by atoms with van der Waals surface area (Å²) in [5.41, 5.74) is 2.12. The van der Waals surface area contributed by atoms with Crippen LogP contribution in [0.5, 0.6) is 0 Å². The van der Waals surface area contributed by atoms with E-state index < -0.39 is 0 Å². The highest BCUT2D eigenvalue weighted by Gasteiger charge is 2.01. The van der Waals surface area contributed by atoms with Gasteiger partial charge in [-0.15, -0.1) is 0 Å². The first kappa shape index (κ1) is 12.7. The zero-order chi connectivity index (χ0) is 12.8. The van der Waals surface area contributed by atoms with E-state index in [2.05, 4.69) is 15.5 Å². The Labute approximate surface area is 106 Å². The van der Waals surface area contributed by atoms with Crippen LogP contribution in [0.4, 0.5) is 0 Å². The highest BCUT2D eigenvalue weighted by molar-refractivity contribution is 5.21. The number of aryl methyl sites for hydroxylation is 1. The first-order valence-electron chi connectivity index (χ1n) is 5.96. The SMILES string of the molecule is Cc1noc(CCNCc2ccc(CO)cc2)n1. The molecule has 0 aliphatic heterocycles. The summed E-state index contributed by atoms with van der Waals surface area (Å²) in [6, 6.07) is 7.88. The lowest BCUT2D eigenvalue weighted by molar-refractivity contribution is 0.282. The average molecular weight is 247 g/mol. The summed E-state index contributed by atoms with van der Waals surface area (Å²) in [6.07, 6.45) is 0.732. The smallest absolute Gasteiger partial charge is 0.227 e. The van der Waals surface area contributed by atoms with Gasteiger partial charge in [0, 0.05) is 19.5 Å². The molecule has 2 aromatic rings. The standard InChI is InChI=1S/C13H17N3O2/c1-10-15-13(18-16-10)6-7-14-8-11-2-4-12(9-17)5-3-11/h2-5,14,17H,6-9H2,1H3. The molecular formula is C13H17N3O2. The minimum Gasteiger partial charge on any atom is -0.392 e. The van der Waals surface area contributed by atoms with Crippen LogP contribution >= 0.6 is 0 Å². The second-order valence-electron chi connectivity index (χ2n) is 4.14. The van der Waals surface area contributed by atoms with Crippen LogP contribution in [0.25, 0.3) is 0 Å². The molecule has 0 atom stereocenters. The van der Waals surface area contributed by atoms with Gasteiger partial charge in [-0.1, -0.05) is 29.4 Å². The van der Waals surface area contributed by atoms with E-state index in [9.17, 15) is 0 Å². The molecule has 0 saturated heterocycles. The monoisotopic (exact) mass is 247 g/mol. The van der Waals surface area contributed by atoms with E-state index in [1.807, 2.05) is 31.2 Å². The van der Waals surface area contributed by atoms with Crippen molar-refractivity contribution in [1.29, 1.82) is 0 Å². The van der Waals surface area contributed by atoms with Crippen LogP contribution in [0.3, 0.4) is 0 Å². The molecule has 0 fully saturated rings. The number of aliphatic hydroxyl groups excluding tert-OH is 1. The highest BCUT2D eigenvalue weighted by atomic mass is 16.5. The van der Waals surface area contributed by atoms with Crippen molar-refractivity contribution in [2.75, 3.05) is 6.54 Å². The minimum atomic E-state index is 0.0875. The zero-order valence-corrected chi connectivity index (χ0v) is 10.4. The van der Waals surface area contributed by atoms with Crippen molar-refractivity contribution in [3.8, 4) is 0 Å². The molecule has 96 valence electrons. The van der Waals surface area contributed by atoms with Crippen molar-refractivity contribution >= 4 is 0 Å². The lowest BCUT2D eigenvalue weighted by Crippen LogP contribution is -2.16. The van der Waals surface area contributed by atoms with Gasteiger partial charge in [0.05, 0.1) is 6.61 Å². The molecule has 0 spiro atoms. The second kappa shape index (κ2) is 6.28. The quantitative estimate of drug-likeness (QED) is 0.751. The van der Waals surface area contributed by atoms with Crippen LogP contribution in [-0.2, 0) is 19.6 Å². The Morgan fingerprint density at radius 3 is 2.56 bits per heavy atom. The van der Waals surface area contributed by atoms with Crippen molar-refractivity contribution in [3.05, 3.63) is 47.1 Å². The molecule has 1 aromatic heterocycles. The third-order valence-corrected chi connectivity index (χ3v) is 2.62. The Bertz CT molecular complexity index is 479. The summed E-state index contributed by atoms with van der Waals surface area (Å²) >= 11 is 0. The summed E-state index contributed by atoms with van der Waals surface area (Å²) < 4.78 is 5.02. The number of benzene rings is 1. The average Bonchev–Trinajstić information content (AvgIpc) is 2.81. The van der Waals surface area contributed by atoms with Gasteiger partial charge >= 0.3 is 0 Å². The van der Waals surface area contributed by atoms with E-state index in [0.717, 1.165) is 25.1 Å². The molecule has 0 aliphatic carbocycles. The predicted molar refractivity (Wildman–Crippen MR) is 66.8 cm³/mol. The normalized spacial score (nSPS) is 10.8. The van der Waals surface area contributed by atoms with Gasteiger partial charge in [0.15, 0.2) is 5.82 Å². The van der Waals surface area contributed by atoms with Gasteiger partial charge in [-0.05, 0) is 18.1 Å². The van der Waals surface area contributed by atoms with Gasteiger partial charge in [0.25, 0.3) is 0 Å². The number of aliphatic hydroxyl groups is 1. The molecule has 5 heteroatoms. The molecule has 1 heterocycles. The van der Waals surface area contributed by atoms with Gasteiger partial charge in [0.1, 0.15) is 0 Å². The highest BCUT2D eigenvalue weighted by Crippen LogP contribution is 2.04. The molecule has 18 heavy (non-hydrogen) atoms. The maximum atomic E-state index is 8.93. The zero-order valence-electron chi connectivity index (χ0n) is 10.4. The second-order valence-corrected chi connectivity index (χ2v) is 4.14. The number of hydrogen-bond acceptors (Lipinski definition) is 5. The Kier molecular flexibility index (Phi) is 4.44. The third kappa shape index (κ3) is 3.65. The summed E-state index contributed by atoms with van der Waals surface area (Å²) in [7, 11) is 0. The first-order chi connectivity index (χ1) is 8.78. The molecule has 1 aromatic carbocycles. The Morgan fingerprint density at radius 2 is 1.94 bits per heavy atom. The molecule has 2 N–H and O–H groups in total. The molecule has 0 aliphatic rings. The molecule has 0 saturated carbocycles. The molecule has 0 radical (unpaired) electrons. The van der Waals surface area contributed by atoms with E-state index in [1.165, 1.54) is 5.56 Å². The summed E-state index contributed by atoms with van der Waals surface area (Å²) in [5.74, 6) is 1.33. The van der Waals surface area contributed by atoms with Crippen molar-refractivity contribution in [2.24, 2.45) is 0 Å². The fourth-order valence-electron chi connectivity index (χ4n) is 1.63. The van der Waals surface area contributed by atoms with Crippen molar-refractivity contribution in [3.63, 3.8) is 0 Å². The predicted octanol–water partition coefficient (Wildman–Crippen LogP) is 1.20. The lowest BCUT2D eigenvalue weighted by atomic mass is 10.1.